The van der Waals surface area contributed by atoms with E-state index in [2.05, 4.69) is 5.32 Å². The van der Waals surface area contributed by atoms with E-state index in [9.17, 15) is 18.0 Å². The number of carbonyl (C=O) groups excluding carboxylic acids is 2. The fraction of sp³-hybridized carbons (Fsp3) is 0.257. The summed E-state index contributed by atoms with van der Waals surface area (Å²) in [6.07, 6.45) is 4.06. The fourth-order valence-electron chi connectivity index (χ4n) is 5.59. The lowest BCUT2D eigenvalue weighted by molar-refractivity contribution is -0.140. The monoisotopic (exact) mass is 663 g/mol. The van der Waals surface area contributed by atoms with E-state index in [1.54, 1.807) is 48.5 Å². The third kappa shape index (κ3) is 8.25. The first kappa shape index (κ1) is 32.5. The largest absolute Gasteiger partial charge is 0.352 e. The van der Waals surface area contributed by atoms with Gasteiger partial charge in [-0.2, -0.15) is 0 Å². The van der Waals surface area contributed by atoms with Crippen LogP contribution in [0.1, 0.15) is 36.8 Å². The molecule has 1 N–H and O–H groups in total. The zero-order valence-electron chi connectivity index (χ0n) is 24.7. The Morgan fingerprint density at radius 2 is 1.40 bits per heavy atom. The van der Waals surface area contributed by atoms with Crippen LogP contribution in [0.15, 0.2) is 114 Å². The van der Waals surface area contributed by atoms with Crippen molar-refractivity contribution < 1.29 is 18.0 Å². The van der Waals surface area contributed by atoms with E-state index in [1.807, 2.05) is 36.4 Å². The molecule has 1 atom stereocenters. The van der Waals surface area contributed by atoms with Gasteiger partial charge in [0.1, 0.15) is 12.6 Å². The third-order valence-electron chi connectivity index (χ3n) is 8.00. The van der Waals surface area contributed by atoms with E-state index >= 15 is 0 Å². The van der Waals surface area contributed by atoms with Crippen LogP contribution in [0, 0.1) is 0 Å². The molecule has 0 bridgehead atoms. The molecule has 0 spiro atoms. The average molecular weight is 665 g/mol. The lowest BCUT2D eigenvalue weighted by Crippen LogP contribution is -2.54. The molecular formula is C35H35Cl2N3O4S. The van der Waals surface area contributed by atoms with Gasteiger partial charge in [-0.15, -0.1) is 0 Å². The molecule has 1 aliphatic rings. The van der Waals surface area contributed by atoms with Gasteiger partial charge >= 0.3 is 0 Å². The number of rotatable bonds is 12. The van der Waals surface area contributed by atoms with Gasteiger partial charge in [-0.1, -0.05) is 103 Å². The summed E-state index contributed by atoms with van der Waals surface area (Å²) in [6.45, 7) is -0.529. The standard InChI is InChI=1S/C35H35Cl2N3O4S/c36-28-19-21-31(22-20-28)45(43,44)40(30-16-5-2-6-17-30)25-34(41)39(24-27-13-7-10-18-32(27)37)33(23-26-11-3-1-4-12-26)35(42)38-29-14-8-9-15-29/h1-7,10-13,16-22,29,33H,8-9,14-15,23-25H2,(H,38,42)/t33-/m1/s1. The Morgan fingerprint density at radius 1 is 0.800 bits per heavy atom. The minimum atomic E-state index is -4.20. The highest BCUT2D eigenvalue weighted by molar-refractivity contribution is 7.92. The molecule has 0 heterocycles. The van der Waals surface area contributed by atoms with Crippen molar-refractivity contribution in [2.45, 2.75) is 55.6 Å². The van der Waals surface area contributed by atoms with Crippen LogP contribution < -0.4 is 9.62 Å². The maximum atomic E-state index is 14.5. The topological polar surface area (TPSA) is 86.8 Å². The van der Waals surface area contributed by atoms with Gasteiger partial charge in [0.15, 0.2) is 0 Å². The molecule has 1 fully saturated rings. The number of anilines is 1. The van der Waals surface area contributed by atoms with E-state index in [0.29, 0.717) is 21.3 Å². The Balaban J connectivity index is 1.56. The number of benzene rings is 4. The Kier molecular flexibility index (Phi) is 10.8. The van der Waals surface area contributed by atoms with Gasteiger partial charge in [0.05, 0.1) is 10.6 Å². The van der Waals surface area contributed by atoms with E-state index in [4.69, 9.17) is 23.2 Å². The Morgan fingerprint density at radius 3 is 2.04 bits per heavy atom. The zero-order valence-corrected chi connectivity index (χ0v) is 27.0. The number of halogens is 2. The second-order valence-corrected chi connectivity index (χ2v) is 13.8. The number of carbonyl (C=O) groups is 2. The summed E-state index contributed by atoms with van der Waals surface area (Å²) < 4.78 is 29.2. The predicted octanol–water partition coefficient (Wildman–Crippen LogP) is 6.89. The molecule has 4 aromatic carbocycles. The van der Waals surface area contributed by atoms with E-state index in [1.165, 1.54) is 29.2 Å². The highest BCUT2D eigenvalue weighted by Crippen LogP contribution is 2.27. The molecule has 0 saturated heterocycles. The molecule has 0 unspecified atom stereocenters. The highest BCUT2D eigenvalue weighted by atomic mass is 35.5. The Hall–Kier alpha value is -3.85. The molecule has 0 aromatic heterocycles. The smallest absolute Gasteiger partial charge is 0.264 e. The van der Waals surface area contributed by atoms with Gasteiger partial charge in [0.2, 0.25) is 11.8 Å². The molecule has 234 valence electrons. The minimum Gasteiger partial charge on any atom is -0.352 e. The molecule has 10 heteroatoms. The first-order valence-electron chi connectivity index (χ1n) is 14.9. The number of hydrogen-bond donors (Lipinski definition) is 1. The minimum absolute atomic E-state index is 0.0116. The van der Waals surface area contributed by atoms with Crippen LogP contribution in [0.5, 0.6) is 0 Å². The first-order valence-corrected chi connectivity index (χ1v) is 17.1. The van der Waals surface area contributed by atoms with Gasteiger partial charge in [-0.25, -0.2) is 8.42 Å². The van der Waals surface area contributed by atoms with Crippen molar-refractivity contribution in [2.75, 3.05) is 10.8 Å². The molecule has 7 nitrogen and oxygen atoms in total. The van der Waals surface area contributed by atoms with Crippen LogP contribution in [-0.4, -0.2) is 43.8 Å². The number of para-hydroxylation sites is 1. The summed E-state index contributed by atoms with van der Waals surface area (Å²) >= 11 is 12.6. The number of hydrogen-bond acceptors (Lipinski definition) is 4. The molecule has 5 rings (SSSR count). The van der Waals surface area contributed by atoms with Crippen LogP contribution >= 0.6 is 23.2 Å². The first-order chi connectivity index (χ1) is 21.7. The molecule has 1 saturated carbocycles. The number of amides is 2. The lowest BCUT2D eigenvalue weighted by Gasteiger charge is -2.34. The number of sulfonamides is 1. The van der Waals surface area contributed by atoms with Gasteiger partial charge in [0.25, 0.3) is 10.0 Å². The van der Waals surface area contributed by atoms with Crippen molar-refractivity contribution in [2.24, 2.45) is 0 Å². The summed E-state index contributed by atoms with van der Waals surface area (Å²) in [6, 6.07) is 30.0. The zero-order chi connectivity index (χ0) is 31.8. The quantitative estimate of drug-likeness (QED) is 0.179. The Bertz CT molecular complexity index is 1700. The summed E-state index contributed by atoms with van der Waals surface area (Å²) in [7, 11) is -4.20. The van der Waals surface area contributed by atoms with Crippen molar-refractivity contribution in [3.63, 3.8) is 0 Å². The van der Waals surface area contributed by atoms with Crippen molar-refractivity contribution in [1.82, 2.24) is 10.2 Å². The maximum absolute atomic E-state index is 14.5. The molecular weight excluding hydrogens is 629 g/mol. The highest BCUT2D eigenvalue weighted by Gasteiger charge is 2.35. The van der Waals surface area contributed by atoms with E-state index < -0.39 is 28.5 Å². The average Bonchev–Trinajstić information content (AvgIpc) is 3.56. The van der Waals surface area contributed by atoms with Gasteiger partial charge in [0, 0.05) is 29.1 Å². The SMILES string of the molecule is O=C(NC1CCCC1)[C@@H](Cc1ccccc1)N(Cc1ccccc1Cl)C(=O)CN(c1ccccc1)S(=O)(=O)c1ccc(Cl)cc1. The van der Waals surface area contributed by atoms with Crippen LogP contribution in [0.4, 0.5) is 5.69 Å². The fourth-order valence-corrected chi connectivity index (χ4v) is 7.32. The van der Waals surface area contributed by atoms with Crippen molar-refractivity contribution >= 4 is 50.7 Å². The van der Waals surface area contributed by atoms with Crippen LogP contribution in [0.2, 0.25) is 10.0 Å². The van der Waals surface area contributed by atoms with Gasteiger partial charge < -0.3 is 10.2 Å². The van der Waals surface area contributed by atoms with Crippen molar-refractivity contribution in [3.05, 3.63) is 130 Å². The Labute approximate surface area is 274 Å². The molecule has 0 radical (unpaired) electrons. The summed E-state index contributed by atoms with van der Waals surface area (Å²) in [5, 5.41) is 4.00. The second-order valence-electron chi connectivity index (χ2n) is 11.1. The molecule has 1 aliphatic carbocycles. The molecule has 45 heavy (non-hydrogen) atoms. The van der Waals surface area contributed by atoms with Crippen molar-refractivity contribution in [3.8, 4) is 0 Å². The van der Waals surface area contributed by atoms with Crippen LogP contribution in [0.3, 0.4) is 0 Å². The molecule has 4 aromatic rings. The summed E-state index contributed by atoms with van der Waals surface area (Å²) in [5.74, 6) is -0.822. The normalized spacial score (nSPS) is 14.1. The van der Waals surface area contributed by atoms with Crippen molar-refractivity contribution in [1.29, 1.82) is 0 Å². The van der Waals surface area contributed by atoms with Gasteiger partial charge in [-0.3, -0.25) is 13.9 Å². The van der Waals surface area contributed by atoms with Crippen LogP contribution in [0.25, 0.3) is 0 Å². The predicted molar refractivity (Wildman–Crippen MR) is 179 cm³/mol. The van der Waals surface area contributed by atoms with E-state index in [0.717, 1.165) is 35.6 Å². The summed E-state index contributed by atoms with van der Waals surface area (Å²) in [5.41, 5.74) is 1.83. The number of nitrogens with zero attached hydrogens (tertiary/aromatic N) is 2. The molecule has 0 aliphatic heterocycles. The van der Waals surface area contributed by atoms with Crippen LogP contribution in [-0.2, 0) is 32.6 Å². The molecule has 2 amide bonds. The summed E-state index contributed by atoms with van der Waals surface area (Å²) in [4.78, 5) is 30.0. The second kappa shape index (κ2) is 15.0. The number of nitrogens with one attached hydrogen (secondary N) is 1. The lowest BCUT2D eigenvalue weighted by atomic mass is 10.0. The third-order valence-corrected chi connectivity index (χ3v) is 10.4. The van der Waals surface area contributed by atoms with Gasteiger partial charge in [-0.05, 0) is 66.4 Å². The maximum Gasteiger partial charge on any atom is 0.264 e. The van der Waals surface area contributed by atoms with E-state index in [-0.39, 0.29) is 29.8 Å².